The van der Waals surface area contributed by atoms with Gasteiger partial charge in [0.1, 0.15) is 0 Å². The van der Waals surface area contributed by atoms with Gasteiger partial charge in [-0.1, -0.05) is 29.8 Å². The lowest BCUT2D eigenvalue weighted by Gasteiger charge is -2.25. The minimum Gasteiger partial charge on any atom is -0.338 e. The number of carbonyl (C=O) groups is 2. The van der Waals surface area contributed by atoms with Crippen LogP contribution in [0.25, 0.3) is 0 Å². The van der Waals surface area contributed by atoms with Crippen molar-refractivity contribution >= 4 is 23.4 Å². The molecule has 1 aromatic rings. The van der Waals surface area contributed by atoms with E-state index in [0.29, 0.717) is 37.1 Å². The molecule has 0 N–H and O–H groups in total. The van der Waals surface area contributed by atoms with Gasteiger partial charge in [-0.2, -0.15) is 0 Å². The molecule has 4 nitrogen and oxygen atoms in total. The molecule has 0 bridgehead atoms. The van der Waals surface area contributed by atoms with E-state index in [1.54, 1.807) is 11.0 Å². The first kappa shape index (κ1) is 16.1. The fourth-order valence-corrected chi connectivity index (χ4v) is 3.19. The van der Waals surface area contributed by atoms with Crippen molar-refractivity contribution in [1.82, 2.24) is 9.80 Å². The summed E-state index contributed by atoms with van der Waals surface area (Å²) in [5.74, 6) is -0.0804. The molecular weight excluding hydrogens is 312 g/mol. The highest BCUT2D eigenvalue weighted by Crippen LogP contribution is 2.32. The van der Waals surface area contributed by atoms with Gasteiger partial charge in [0.15, 0.2) is 0 Å². The molecule has 1 saturated heterocycles. The molecule has 1 atom stereocenters. The summed E-state index contributed by atoms with van der Waals surface area (Å²) in [6.07, 6.45) is 4.13. The largest absolute Gasteiger partial charge is 0.338 e. The molecule has 23 heavy (non-hydrogen) atoms. The van der Waals surface area contributed by atoms with Crippen LogP contribution in [0.4, 0.5) is 0 Å². The van der Waals surface area contributed by atoms with E-state index in [2.05, 4.69) is 6.58 Å². The highest BCUT2D eigenvalue weighted by Gasteiger charge is 2.40. The van der Waals surface area contributed by atoms with E-state index in [9.17, 15) is 9.59 Å². The normalized spacial score (nSPS) is 20.7. The SMILES string of the molecule is C=CCN1CC(C(=O)N(Cc2ccc(Cl)cc2)C2CC2)CC1=O. The number of rotatable bonds is 6. The topological polar surface area (TPSA) is 40.6 Å². The van der Waals surface area contributed by atoms with Crippen molar-refractivity contribution in [1.29, 1.82) is 0 Å². The third kappa shape index (κ3) is 3.75. The quantitative estimate of drug-likeness (QED) is 0.752. The summed E-state index contributed by atoms with van der Waals surface area (Å²) in [5.41, 5.74) is 1.07. The van der Waals surface area contributed by atoms with Crippen LogP contribution in [0.2, 0.25) is 5.02 Å². The van der Waals surface area contributed by atoms with Crippen LogP contribution < -0.4 is 0 Å². The van der Waals surface area contributed by atoms with Crippen molar-refractivity contribution in [2.75, 3.05) is 13.1 Å². The van der Waals surface area contributed by atoms with Crippen molar-refractivity contribution in [2.24, 2.45) is 5.92 Å². The zero-order valence-corrected chi connectivity index (χ0v) is 13.8. The summed E-state index contributed by atoms with van der Waals surface area (Å²) in [6, 6.07) is 7.92. The van der Waals surface area contributed by atoms with Crippen molar-refractivity contribution in [3.05, 3.63) is 47.5 Å². The second-order valence-electron chi connectivity index (χ2n) is 6.31. The molecule has 2 amide bonds. The Morgan fingerprint density at radius 1 is 1.35 bits per heavy atom. The molecule has 0 radical (unpaired) electrons. The number of halogens is 1. The third-order valence-corrected chi connectivity index (χ3v) is 4.70. The van der Waals surface area contributed by atoms with E-state index >= 15 is 0 Å². The minimum absolute atomic E-state index is 0.0467. The fraction of sp³-hybridized carbons (Fsp3) is 0.444. The zero-order valence-electron chi connectivity index (χ0n) is 13.1. The van der Waals surface area contributed by atoms with Crippen LogP contribution in [0.15, 0.2) is 36.9 Å². The number of hydrogen-bond acceptors (Lipinski definition) is 2. The Bertz CT molecular complexity index is 610. The summed E-state index contributed by atoms with van der Waals surface area (Å²) < 4.78 is 0. The van der Waals surface area contributed by atoms with Crippen molar-refractivity contribution in [2.45, 2.75) is 31.8 Å². The fourth-order valence-electron chi connectivity index (χ4n) is 3.06. The first-order chi connectivity index (χ1) is 11.1. The molecule has 3 rings (SSSR count). The lowest BCUT2D eigenvalue weighted by molar-refractivity contribution is -0.137. The first-order valence-corrected chi connectivity index (χ1v) is 8.40. The maximum atomic E-state index is 12.9. The molecule has 2 fully saturated rings. The van der Waals surface area contributed by atoms with Gasteiger partial charge in [-0.25, -0.2) is 0 Å². The van der Waals surface area contributed by atoms with Crippen LogP contribution in [0.5, 0.6) is 0 Å². The number of carbonyl (C=O) groups excluding carboxylic acids is 2. The third-order valence-electron chi connectivity index (χ3n) is 4.45. The standard InChI is InChI=1S/C18H21ClN2O2/c1-2-9-20-12-14(10-17(20)22)18(23)21(16-7-8-16)11-13-3-5-15(19)6-4-13/h2-6,14,16H,1,7-12H2. The number of nitrogens with zero attached hydrogens (tertiary/aromatic N) is 2. The number of amides is 2. The monoisotopic (exact) mass is 332 g/mol. The Morgan fingerprint density at radius 2 is 2.04 bits per heavy atom. The van der Waals surface area contributed by atoms with Crippen LogP contribution in [0.3, 0.4) is 0 Å². The lowest BCUT2D eigenvalue weighted by Crippen LogP contribution is -2.38. The molecular formula is C18H21ClN2O2. The Hall–Kier alpha value is -1.81. The maximum Gasteiger partial charge on any atom is 0.228 e. The van der Waals surface area contributed by atoms with Gasteiger partial charge >= 0.3 is 0 Å². The maximum absolute atomic E-state index is 12.9. The van der Waals surface area contributed by atoms with E-state index in [1.807, 2.05) is 29.2 Å². The van der Waals surface area contributed by atoms with E-state index in [-0.39, 0.29) is 17.7 Å². The number of likely N-dealkylation sites (tertiary alicyclic amines) is 1. The van der Waals surface area contributed by atoms with Crippen LogP contribution in [0.1, 0.15) is 24.8 Å². The van der Waals surface area contributed by atoms with E-state index < -0.39 is 0 Å². The number of hydrogen-bond donors (Lipinski definition) is 0. The summed E-state index contributed by atoms with van der Waals surface area (Å²) >= 11 is 5.92. The highest BCUT2D eigenvalue weighted by atomic mass is 35.5. The number of benzene rings is 1. The average Bonchev–Trinajstić information content (AvgIpc) is 3.31. The zero-order chi connectivity index (χ0) is 16.4. The molecule has 2 aliphatic rings. The van der Waals surface area contributed by atoms with Gasteiger partial charge in [0.25, 0.3) is 0 Å². The molecule has 1 saturated carbocycles. The molecule has 1 unspecified atom stereocenters. The first-order valence-electron chi connectivity index (χ1n) is 8.02. The molecule has 122 valence electrons. The molecule has 1 aliphatic heterocycles. The van der Waals surface area contributed by atoms with Gasteiger partial charge in [-0.05, 0) is 30.5 Å². The van der Waals surface area contributed by atoms with Crippen molar-refractivity contribution in [3.63, 3.8) is 0 Å². The van der Waals surface area contributed by atoms with Gasteiger partial charge in [-0.15, -0.1) is 6.58 Å². The van der Waals surface area contributed by atoms with E-state index in [4.69, 9.17) is 11.6 Å². The summed E-state index contributed by atoms with van der Waals surface area (Å²) in [4.78, 5) is 28.5. The van der Waals surface area contributed by atoms with Gasteiger partial charge < -0.3 is 9.80 Å². The molecule has 0 spiro atoms. The predicted octanol–water partition coefficient (Wildman–Crippen LogP) is 2.87. The smallest absolute Gasteiger partial charge is 0.228 e. The molecule has 1 aromatic carbocycles. The highest BCUT2D eigenvalue weighted by molar-refractivity contribution is 6.30. The minimum atomic E-state index is -0.227. The average molecular weight is 333 g/mol. The van der Waals surface area contributed by atoms with Crippen LogP contribution in [0, 0.1) is 5.92 Å². The summed E-state index contributed by atoms with van der Waals surface area (Å²) in [5, 5.41) is 0.694. The Balaban J connectivity index is 1.69. The van der Waals surface area contributed by atoms with Gasteiger partial charge in [0.2, 0.25) is 11.8 Å². The van der Waals surface area contributed by atoms with Gasteiger partial charge in [0.05, 0.1) is 5.92 Å². The molecule has 1 heterocycles. The van der Waals surface area contributed by atoms with Gasteiger partial charge in [-0.3, -0.25) is 9.59 Å². The van der Waals surface area contributed by atoms with Crippen LogP contribution in [-0.2, 0) is 16.1 Å². The summed E-state index contributed by atoms with van der Waals surface area (Å²) in [6.45, 7) is 5.28. The molecule has 5 heteroatoms. The van der Waals surface area contributed by atoms with Gasteiger partial charge in [0, 0.05) is 37.1 Å². The van der Waals surface area contributed by atoms with Crippen molar-refractivity contribution in [3.8, 4) is 0 Å². The van der Waals surface area contributed by atoms with Crippen molar-refractivity contribution < 1.29 is 9.59 Å². The molecule has 1 aliphatic carbocycles. The summed E-state index contributed by atoms with van der Waals surface area (Å²) in [7, 11) is 0. The Labute approximate surface area is 141 Å². The Kier molecular flexibility index (Phi) is 4.71. The second kappa shape index (κ2) is 6.75. The van der Waals surface area contributed by atoms with Crippen LogP contribution in [-0.4, -0.2) is 40.7 Å². The van der Waals surface area contributed by atoms with Crippen LogP contribution >= 0.6 is 11.6 Å². The van der Waals surface area contributed by atoms with E-state index in [1.165, 1.54) is 0 Å². The predicted molar refractivity (Wildman–Crippen MR) is 89.9 cm³/mol. The second-order valence-corrected chi connectivity index (χ2v) is 6.75. The van der Waals surface area contributed by atoms with E-state index in [0.717, 1.165) is 18.4 Å². The lowest BCUT2D eigenvalue weighted by atomic mass is 10.1. The Morgan fingerprint density at radius 3 is 2.65 bits per heavy atom. The molecule has 0 aromatic heterocycles.